The molecule has 8 nitrogen and oxygen atoms in total. The van der Waals surface area contributed by atoms with Gasteiger partial charge in [0, 0.05) is 0 Å². The zero-order chi connectivity index (χ0) is 13.1. The van der Waals surface area contributed by atoms with E-state index in [0.29, 0.717) is 0 Å². The van der Waals surface area contributed by atoms with Crippen molar-refractivity contribution in [2.24, 2.45) is 7.05 Å². The minimum Gasteiger partial charge on any atom is -0.444 e. The molecule has 96 valence electrons. The number of tetrazole rings is 1. The van der Waals surface area contributed by atoms with Gasteiger partial charge in [-0.25, -0.2) is 4.79 Å². The summed E-state index contributed by atoms with van der Waals surface area (Å²) in [5.41, 5.74) is -0.597. The maximum Gasteiger partial charge on any atom is 0.408 e. The van der Waals surface area contributed by atoms with Crippen LogP contribution in [0.3, 0.4) is 0 Å². The SMILES string of the molecule is Cn1nnc([C@H](CO)NC(=O)OC(C)(C)C)n1. The van der Waals surface area contributed by atoms with Crippen LogP contribution >= 0.6 is 0 Å². The van der Waals surface area contributed by atoms with Crippen LogP contribution in [-0.4, -0.2) is 43.6 Å². The van der Waals surface area contributed by atoms with Crippen molar-refractivity contribution in [3.63, 3.8) is 0 Å². The highest BCUT2D eigenvalue weighted by atomic mass is 16.6. The molecule has 1 aromatic heterocycles. The number of hydrogen-bond donors (Lipinski definition) is 2. The van der Waals surface area contributed by atoms with Crippen LogP contribution in [0, 0.1) is 0 Å². The van der Waals surface area contributed by atoms with Crippen LogP contribution < -0.4 is 5.32 Å². The van der Waals surface area contributed by atoms with Gasteiger partial charge in [0.15, 0.2) is 5.82 Å². The van der Waals surface area contributed by atoms with Gasteiger partial charge in [0.05, 0.1) is 13.7 Å². The molecule has 0 saturated carbocycles. The molecule has 1 heterocycles. The molecular weight excluding hydrogens is 226 g/mol. The van der Waals surface area contributed by atoms with Crippen molar-refractivity contribution in [2.45, 2.75) is 32.4 Å². The lowest BCUT2D eigenvalue weighted by Gasteiger charge is -2.21. The van der Waals surface area contributed by atoms with Gasteiger partial charge in [0.25, 0.3) is 0 Å². The Hall–Kier alpha value is -1.70. The fourth-order valence-electron chi connectivity index (χ4n) is 1.08. The number of aliphatic hydroxyl groups excluding tert-OH is 1. The molecule has 2 N–H and O–H groups in total. The van der Waals surface area contributed by atoms with Gasteiger partial charge in [-0.1, -0.05) is 0 Å². The molecule has 0 saturated heterocycles. The first-order valence-electron chi connectivity index (χ1n) is 5.16. The van der Waals surface area contributed by atoms with Crippen molar-refractivity contribution in [2.75, 3.05) is 6.61 Å². The quantitative estimate of drug-likeness (QED) is 0.760. The predicted molar refractivity (Wildman–Crippen MR) is 58.0 cm³/mol. The number of carbonyl (C=O) groups is 1. The lowest BCUT2D eigenvalue weighted by atomic mass is 10.2. The van der Waals surface area contributed by atoms with Crippen molar-refractivity contribution in [1.29, 1.82) is 0 Å². The highest BCUT2D eigenvalue weighted by Crippen LogP contribution is 2.10. The second-order valence-corrected chi connectivity index (χ2v) is 4.52. The molecule has 1 aromatic rings. The Morgan fingerprint density at radius 2 is 2.24 bits per heavy atom. The molecule has 0 bridgehead atoms. The normalized spacial score (nSPS) is 13.2. The molecule has 0 spiro atoms. The topological polar surface area (TPSA) is 102 Å². The van der Waals surface area contributed by atoms with Crippen LogP contribution in [0.2, 0.25) is 0 Å². The van der Waals surface area contributed by atoms with Crippen LogP contribution in [0.25, 0.3) is 0 Å². The first kappa shape index (κ1) is 13.4. The maximum absolute atomic E-state index is 11.5. The fraction of sp³-hybridized carbons (Fsp3) is 0.778. The second-order valence-electron chi connectivity index (χ2n) is 4.52. The van der Waals surface area contributed by atoms with Crippen molar-refractivity contribution in [3.8, 4) is 0 Å². The molecular formula is C9H17N5O3. The molecule has 1 amide bonds. The number of amides is 1. The van der Waals surface area contributed by atoms with Crippen LogP contribution in [-0.2, 0) is 11.8 Å². The lowest BCUT2D eigenvalue weighted by Crippen LogP contribution is -2.36. The zero-order valence-electron chi connectivity index (χ0n) is 10.3. The average molecular weight is 243 g/mol. The molecule has 0 aliphatic rings. The maximum atomic E-state index is 11.5. The summed E-state index contributed by atoms with van der Waals surface area (Å²) in [5, 5.41) is 22.8. The summed E-state index contributed by atoms with van der Waals surface area (Å²) in [4.78, 5) is 12.7. The summed E-state index contributed by atoms with van der Waals surface area (Å²) in [6.45, 7) is 4.92. The molecule has 1 rings (SSSR count). The van der Waals surface area contributed by atoms with Crippen molar-refractivity contribution in [1.82, 2.24) is 25.5 Å². The molecule has 0 aromatic carbocycles. The van der Waals surface area contributed by atoms with Crippen molar-refractivity contribution < 1.29 is 14.6 Å². The number of rotatable bonds is 3. The summed E-state index contributed by atoms with van der Waals surface area (Å²) in [6.07, 6.45) is -0.635. The standard InChI is InChI=1S/C9H17N5O3/c1-9(2,3)17-8(16)10-6(5-15)7-11-13-14(4)12-7/h6,15H,5H2,1-4H3,(H,10,16)/t6-/m0/s1. The van der Waals surface area contributed by atoms with E-state index < -0.39 is 17.7 Å². The number of nitrogens with one attached hydrogen (secondary N) is 1. The second kappa shape index (κ2) is 5.09. The van der Waals surface area contributed by atoms with E-state index in [4.69, 9.17) is 9.84 Å². The first-order chi connectivity index (χ1) is 7.81. The third-order valence-electron chi connectivity index (χ3n) is 1.71. The van der Waals surface area contributed by atoms with Gasteiger partial charge >= 0.3 is 6.09 Å². The van der Waals surface area contributed by atoms with E-state index in [1.807, 2.05) is 0 Å². The number of aromatic nitrogens is 4. The average Bonchev–Trinajstić information content (AvgIpc) is 2.58. The Labute approximate surface area is 99.0 Å². The van der Waals surface area contributed by atoms with E-state index in [0.717, 1.165) is 0 Å². The number of carbonyl (C=O) groups excluding carboxylic acids is 1. The van der Waals surface area contributed by atoms with Crippen molar-refractivity contribution in [3.05, 3.63) is 5.82 Å². The van der Waals surface area contributed by atoms with Gasteiger partial charge in [-0.3, -0.25) is 0 Å². The Kier molecular flexibility index (Phi) is 4.00. The number of alkyl carbamates (subject to hydrolysis) is 1. The van der Waals surface area contributed by atoms with E-state index in [9.17, 15) is 4.79 Å². The summed E-state index contributed by atoms with van der Waals surface area (Å²) in [7, 11) is 1.60. The molecule has 0 fully saturated rings. The number of hydrogen-bond acceptors (Lipinski definition) is 6. The minimum atomic E-state index is -0.724. The Morgan fingerprint density at radius 3 is 2.65 bits per heavy atom. The molecule has 0 unspecified atom stereocenters. The largest absolute Gasteiger partial charge is 0.444 e. The number of ether oxygens (including phenoxy) is 1. The summed E-state index contributed by atoms with van der Waals surface area (Å²) in [6, 6.07) is -0.724. The molecule has 0 radical (unpaired) electrons. The van der Waals surface area contributed by atoms with Gasteiger partial charge in [-0.2, -0.15) is 4.80 Å². The summed E-state index contributed by atoms with van der Waals surface area (Å²) in [5.74, 6) is 0.237. The van der Waals surface area contributed by atoms with E-state index in [-0.39, 0.29) is 12.4 Å². The minimum absolute atomic E-state index is 0.237. The van der Waals surface area contributed by atoms with E-state index in [2.05, 4.69) is 20.7 Å². The van der Waals surface area contributed by atoms with Gasteiger partial charge in [0.2, 0.25) is 0 Å². The third-order valence-corrected chi connectivity index (χ3v) is 1.71. The van der Waals surface area contributed by atoms with Crippen molar-refractivity contribution >= 4 is 6.09 Å². The zero-order valence-corrected chi connectivity index (χ0v) is 10.3. The van der Waals surface area contributed by atoms with E-state index in [1.165, 1.54) is 4.80 Å². The number of aryl methyl sites for hydroxylation is 1. The van der Waals surface area contributed by atoms with E-state index in [1.54, 1.807) is 27.8 Å². The van der Waals surface area contributed by atoms with E-state index >= 15 is 0 Å². The molecule has 17 heavy (non-hydrogen) atoms. The van der Waals surface area contributed by atoms with Gasteiger partial charge in [-0.15, -0.1) is 10.2 Å². The summed E-state index contributed by atoms with van der Waals surface area (Å²) >= 11 is 0. The predicted octanol–water partition coefficient (Wildman–Crippen LogP) is -0.232. The fourth-order valence-corrected chi connectivity index (χ4v) is 1.08. The summed E-state index contributed by atoms with van der Waals surface area (Å²) < 4.78 is 5.05. The molecule has 8 heteroatoms. The monoisotopic (exact) mass is 243 g/mol. The first-order valence-corrected chi connectivity index (χ1v) is 5.16. The Morgan fingerprint density at radius 1 is 1.59 bits per heavy atom. The molecule has 0 aliphatic heterocycles. The van der Waals surface area contributed by atoms with Gasteiger partial charge in [0.1, 0.15) is 11.6 Å². The van der Waals surface area contributed by atoms with Crippen LogP contribution in [0.4, 0.5) is 4.79 Å². The highest BCUT2D eigenvalue weighted by Gasteiger charge is 2.22. The van der Waals surface area contributed by atoms with Crippen LogP contribution in [0.5, 0.6) is 0 Å². The molecule has 1 atom stereocenters. The van der Waals surface area contributed by atoms with Crippen LogP contribution in [0.1, 0.15) is 32.6 Å². The van der Waals surface area contributed by atoms with Gasteiger partial charge in [-0.05, 0) is 26.0 Å². The van der Waals surface area contributed by atoms with Gasteiger partial charge < -0.3 is 15.2 Å². The number of aliphatic hydroxyl groups is 1. The Bertz CT molecular complexity index is 384. The van der Waals surface area contributed by atoms with Crippen LogP contribution in [0.15, 0.2) is 0 Å². The third kappa shape index (κ3) is 4.35. The number of nitrogens with zero attached hydrogens (tertiary/aromatic N) is 4. The smallest absolute Gasteiger partial charge is 0.408 e. The molecule has 0 aliphatic carbocycles. The lowest BCUT2D eigenvalue weighted by molar-refractivity contribution is 0.0478. The Balaban J connectivity index is 2.62. The highest BCUT2D eigenvalue weighted by molar-refractivity contribution is 5.68.